The molecule has 11 heteroatoms. The molecule has 0 spiro atoms. The van der Waals surface area contributed by atoms with Gasteiger partial charge in [-0.05, 0) is 73.3 Å². The third kappa shape index (κ3) is 5.79. The number of hydrogen-bond donors (Lipinski definition) is 1. The molecule has 1 unspecified atom stereocenters. The fraction of sp³-hybridized carbons (Fsp3) is 0.333. The molecule has 0 bridgehead atoms. The number of anilines is 2. The molecule has 3 heterocycles. The number of hydrazone groups is 1. The number of aromatic nitrogens is 4. The molecule has 0 saturated carbocycles. The van der Waals surface area contributed by atoms with Gasteiger partial charge in [0.25, 0.3) is 0 Å². The van der Waals surface area contributed by atoms with Gasteiger partial charge in [0.1, 0.15) is 22.8 Å². The van der Waals surface area contributed by atoms with Crippen molar-refractivity contribution in [1.29, 1.82) is 0 Å². The lowest BCUT2D eigenvalue weighted by Crippen LogP contribution is -2.26. The van der Waals surface area contributed by atoms with Gasteiger partial charge in [0.15, 0.2) is 0 Å². The van der Waals surface area contributed by atoms with E-state index in [1.165, 1.54) is 34.3 Å². The van der Waals surface area contributed by atoms with E-state index in [1.54, 1.807) is 29.8 Å². The fourth-order valence-electron chi connectivity index (χ4n) is 5.38. The Kier molecular flexibility index (Phi) is 8.18. The van der Waals surface area contributed by atoms with Crippen molar-refractivity contribution in [3.8, 4) is 0 Å². The standard InChI is InChI=1S/C30H32FN7OS2/c1-4-37(12-13-39-40-3)36-25-10-9-24-27-29(32-18-33-30(27)41-28(24)19(25)2)35-23-8-11-26-21(15-23)16-34-38(26)17-20-6-5-7-22(31)14-20/h5-8,11,14-16,18-19H,4,9-10,12-13,17H2,1-3H3,(H,32,33,35)/b36-25-. The Bertz CT molecular complexity index is 1720. The van der Waals surface area contributed by atoms with E-state index in [9.17, 15) is 4.39 Å². The summed E-state index contributed by atoms with van der Waals surface area (Å²) >= 11 is 3.13. The van der Waals surface area contributed by atoms with Gasteiger partial charge in [0, 0.05) is 40.4 Å². The van der Waals surface area contributed by atoms with Gasteiger partial charge in [-0.15, -0.1) is 11.3 Å². The Morgan fingerprint density at radius 3 is 2.95 bits per heavy atom. The first-order valence-electron chi connectivity index (χ1n) is 13.7. The summed E-state index contributed by atoms with van der Waals surface area (Å²) in [6, 6.07) is 12.8. The van der Waals surface area contributed by atoms with Crippen molar-refractivity contribution in [3.63, 3.8) is 0 Å². The topological polar surface area (TPSA) is 80.5 Å². The number of benzene rings is 2. The second-order valence-corrected chi connectivity index (χ2v) is 11.6. The maximum absolute atomic E-state index is 13.7. The first kappa shape index (κ1) is 27.6. The van der Waals surface area contributed by atoms with E-state index in [0.717, 1.165) is 64.1 Å². The van der Waals surface area contributed by atoms with E-state index >= 15 is 0 Å². The number of halogens is 1. The Morgan fingerprint density at radius 1 is 1.22 bits per heavy atom. The van der Waals surface area contributed by atoms with Gasteiger partial charge >= 0.3 is 0 Å². The molecule has 2 aromatic carbocycles. The number of fused-ring (bicyclic) bond motifs is 4. The van der Waals surface area contributed by atoms with Crippen LogP contribution in [0.4, 0.5) is 15.9 Å². The molecule has 0 radical (unpaired) electrons. The van der Waals surface area contributed by atoms with Crippen LogP contribution in [0.25, 0.3) is 21.1 Å². The number of nitrogens with one attached hydrogen (secondary N) is 1. The number of likely N-dealkylation sites (N-methyl/N-ethyl adjacent to an activating group) is 1. The number of hydrogen-bond acceptors (Lipinski definition) is 9. The van der Waals surface area contributed by atoms with E-state index in [0.29, 0.717) is 13.2 Å². The lowest BCUT2D eigenvalue weighted by atomic mass is 9.87. The van der Waals surface area contributed by atoms with Crippen LogP contribution in [0.2, 0.25) is 0 Å². The molecule has 5 aromatic rings. The Balaban J connectivity index is 1.25. The first-order valence-corrected chi connectivity index (χ1v) is 15.7. The molecule has 1 aliphatic carbocycles. The SMILES string of the molecule is CCN(CCOSC)/N=C1/CCc2c(sc3ncnc(Nc4ccc5c(cnn5Cc5cccc(F)c5)c4)c23)C1C. The number of thiophene rings is 1. The summed E-state index contributed by atoms with van der Waals surface area (Å²) in [7, 11) is 0. The third-order valence-corrected chi connectivity index (χ3v) is 9.18. The molecule has 212 valence electrons. The normalized spacial score (nSPS) is 16.0. The van der Waals surface area contributed by atoms with Crippen LogP contribution in [0.3, 0.4) is 0 Å². The molecule has 1 atom stereocenters. The molecule has 3 aromatic heterocycles. The van der Waals surface area contributed by atoms with Gasteiger partial charge < -0.3 is 9.50 Å². The third-order valence-electron chi connectivity index (χ3n) is 7.45. The predicted octanol–water partition coefficient (Wildman–Crippen LogP) is 6.99. The van der Waals surface area contributed by atoms with Gasteiger partial charge in [-0.25, -0.2) is 14.4 Å². The molecule has 8 nitrogen and oxygen atoms in total. The fourth-order valence-corrected chi connectivity index (χ4v) is 6.89. The molecular weight excluding hydrogens is 558 g/mol. The summed E-state index contributed by atoms with van der Waals surface area (Å²) in [6.07, 6.45) is 7.23. The van der Waals surface area contributed by atoms with Gasteiger partial charge in [-0.2, -0.15) is 10.2 Å². The van der Waals surface area contributed by atoms with Gasteiger partial charge in [0.05, 0.1) is 36.8 Å². The van der Waals surface area contributed by atoms with Crippen LogP contribution in [0.5, 0.6) is 0 Å². The lowest BCUT2D eigenvalue weighted by Gasteiger charge is -2.25. The van der Waals surface area contributed by atoms with Crippen molar-refractivity contribution < 1.29 is 8.57 Å². The highest BCUT2D eigenvalue weighted by Crippen LogP contribution is 2.43. The molecule has 6 rings (SSSR count). The van der Waals surface area contributed by atoms with Crippen LogP contribution in [0, 0.1) is 5.82 Å². The van der Waals surface area contributed by atoms with E-state index in [1.807, 2.05) is 35.3 Å². The predicted molar refractivity (Wildman–Crippen MR) is 167 cm³/mol. The maximum atomic E-state index is 13.7. The molecule has 0 fully saturated rings. The molecule has 0 amide bonds. The van der Waals surface area contributed by atoms with Crippen LogP contribution in [0.1, 0.15) is 42.2 Å². The largest absolute Gasteiger partial charge is 0.340 e. The second-order valence-electron chi connectivity index (χ2n) is 10.0. The average molecular weight is 590 g/mol. The highest BCUT2D eigenvalue weighted by atomic mass is 32.2. The Hall–Kier alpha value is -3.54. The van der Waals surface area contributed by atoms with Crippen LogP contribution >= 0.6 is 23.4 Å². The molecule has 1 aliphatic rings. The quantitative estimate of drug-likeness (QED) is 0.107. The average Bonchev–Trinajstić information content (AvgIpc) is 3.56. The van der Waals surface area contributed by atoms with Crippen molar-refractivity contribution in [1.82, 2.24) is 24.8 Å². The van der Waals surface area contributed by atoms with Crippen molar-refractivity contribution in [3.05, 3.63) is 76.8 Å². The maximum Gasteiger partial charge on any atom is 0.142 e. The van der Waals surface area contributed by atoms with Crippen molar-refractivity contribution in [2.75, 3.05) is 31.3 Å². The first-order chi connectivity index (χ1) is 20.0. The minimum absolute atomic E-state index is 0.224. The molecule has 1 N–H and O–H groups in total. The van der Waals surface area contributed by atoms with Crippen LogP contribution < -0.4 is 5.32 Å². The number of rotatable bonds is 10. The van der Waals surface area contributed by atoms with Crippen molar-refractivity contribution >= 4 is 61.7 Å². The van der Waals surface area contributed by atoms with Gasteiger partial charge in [-0.3, -0.25) is 9.69 Å². The van der Waals surface area contributed by atoms with Crippen LogP contribution in [-0.4, -0.2) is 56.4 Å². The summed E-state index contributed by atoms with van der Waals surface area (Å²) in [5.74, 6) is 0.799. The Morgan fingerprint density at radius 2 is 2.12 bits per heavy atom. The summed E-state index contributed by atoms with van der Waals surface area (Å²) in [4.78, 5) is 11.6. The van der Waals surface area contributed by atoms with E-state index in [2.05, 4.69) is 45.3 Å². The number of aryl methyl sites for hydroxylation is 1. The number of nitrogens with zero attached hydrogens (tertiary/aromatic N) is 6. The highest BCUT2D eigenvalue weighted by molar-refractivity contribution is 7.93. The summed E-state index contributed by atoms with van der Waals surface area (Å²) < 4.78 is 21.0. The van der Waals surface area contributed by atoms with Crippen molar-refractivity contribution in [2.45, 2.75) is 39.2 Å². The lowest BCUT2D eigenvalue weighted by molar-refractivity contribution is 0.241. The molecule has 0 aliphatic heterocycles. The minimum atomic E-state index is -0.241. The van der Waals surface area contributed by atoms with E-state index in [4.69, 9.17) is 9.28 Å². The minimum Gasteiger partial charge on any atom is -0.340 e. The summed E-state index contributed by atoms with van der Waals surface area (Å²) in [6.45, 7) is 7.16. The van der Waals surface area contributed by atoms with Crippen molar-refractivity contribution in [2.24, 2.45) is 5.10 Å². The smallest absolute Gasteiger partial charge is 0.142 e. The molecule has 41 heavy (non-hydrogen) atoms. The molecular formula is C30H32FN7OS2. The van der Waals surface area contributed by atoms with Crippen LogP contribution in [0.15, 0.2) is 60.1 Å². The zero-order valence-electron chi connectivity index (χ0n) is 23.3. The van der Waals surface area contributed by atoms with E-state index < -0.39 is 0 Å². The zero-order chi connectivity index (χ0) is 28.3. The van der Waals surface area contributed by atoms with Gasteiger partial charge in [-0.1, -0.05) is 19.1 Å². The second kappa shape index (κ2) is 12.1. The summed E-state index contributed by atoms with van der Waals surface area (Å²) in [5, 5.41) is 17.3. The van der Waals surface area contributed by atoms with Crippen LogP contribution in [-0.2, 0) is 17.1 Å². The Labute approximate surface area is 246 Å². The van der Waals surface area contributed by atoms with E-state index in [-0.39, 0.29) is 11.7 Å². The summed E-state index contributed by atoms with van der Waals surface area (Å²) in [5.41, 5.74) is 5.31. The highest BCUT2D eigenvalue weighted by Gasteiger charge is 2.29. The van der Waals surface area contributed by atoms with Gasteiger partial charge in [0.2, 0.25) is 0 Å². The monoisotopic (exact) mass is 589 g/mol. The zero-order valence-corrected chi connectivity index (χ0v) is 24.9. The molecule has 0 saturated heterocycles.